The standard InChI is InChI=1S/C45H32/c1-27-20-22-32-33-23-21-28(25-41(33)44(2,3)40(32)24-27)36-26-42-43(34-15-5-4-12-29(34)36)35-16-8-11-19-39(35)45(42)37-17-9-6-13-30(37)31-14-7-10-18-38(31)45/h4-26H,1-3H3. The van der Waals surface area contributed by atoms with Gasteiger partial charge < -0.3 is 0 Å². The Morgan fingerprint density at radius 3 is 1.58 bits per heavy atom. The van der Waals surface area contributed by atoms with Crippen LogP contribution in [0.2, 0.25) is 0 Å². The lowest BCUT2D eigenvalue weighted by molar-refractivity contribution is 0.660. The zero-order valence-electron chi connectivity index (χ0n) is 25.8. The number of aryl methyl sites for hydroxylation is 1. The topological polar surface area (TPSA) is 0 Å². The van der Waals surface area contributed by atoms with E-state index in [9.17, 15) is 0 Å². The lowest BCUT2D eigenvalue weighted by Gasteiger charge is -2.31. The summed E-state index contributed by atoms with van der Waals surface area (Å²) >= 11 is 0. The first kappa shape index (κ1) is 25.2. The highest BCUT2D eigenvalue weighted by Crippen LogP contribution is 2.64. The minimum absolute atomic E-state index is 0.0555. The van der Waals surface area contributed by atoms with E-state index in [1.54, 1.807) is 0 Å². The van der Waals surface area contributed by atoms with Gasteiger partial charge in [0.2, 0.25) is 0 Å². The van der Waals surface area contributed by atoms with E-state index in [4.69, 9.17) is 0 Å². The van der Waals surface area contributed by atoms with Crippen LogP contribution in [-0.4, -0.2) is 0 Å². The SMILES string of the molecule is Cc1ccc2c(c1)C(C)(C)c1cc(-c3cc4c(c5ccccc35)-c3ccccc3C43c4ccccc4-c4ccccc43)ccc1-2. The van der Waals surface area contributed by atoms with E-state index in [1.807, 2.05) is 0 Å². The van der Waals surface area contributed by atoms with Crippen molar-refractivity contribution >= 4 is 10.8 Å². The molecule has 0 N–H and O–H groups in total. The molecule has 3 aliphatic rings. The molecule has 0 bridgehead atoms. The Hall–Kier alpha value is -5.20. The van der Waals surface area contributed by atoms with Gasteiger partial charge >= 0.3 is 0 Å². The normalized spacial score (nSPS) is 15.4. The van der Waals surface area contributed by atoms with Gasteiger partial charge in [-0.2, -0.15) is 0 Å². The second-order valence-electron chi connectivity index (χ2n) is 13.7. The van der Waals surface area contributed by atoms with E-state index in [0.717, 1.165) is 0 Å². The number of hydrogen-bond acceptors (Lipinski definition) is 0. The summed E-state index contributed by atoms with van der Waals surface area (Å²) < 4.78 is 0. The van der Waals surface area contributed by atoms with Crippen LogP contribution in [-0.2, 0) is 10.8 Å². The summed E-state index contributed by atoms with van der Waals surface area (Å²) in [7, 11) is 0. The molecule has 45 heavy (non-hydrogen) atoms. The van der Waals surface area contributed by atoms with Crippen molar-refractivity contribution in [2.24, 2.45) is 0 Å². The third-order valence-corrected chi connectivity index (χ3v) is 11.1. The molecule has 0 atom stereocenters. The van der Waals surface area contributed by atoms with Crippen LogP contribution >= 0.6 is 0 Å². The van der Waals surface area contributed by atoms with Gasteiger partial charge in [-0.1, -0.05) is 147 Å². The van der Waals surface area contributed by atoms with Crippen LogP contribution in [0.15, 0.2) is 140 Å². The van der Waals surface area contributed by atoms with Gasteiger partial charge in [-0.3, -0.25) is 0 Å². The van der Waals surface area contributed by atoms with Gasteiger partial charge in [-0.05, 0) is 108 Å². The zero-order chi connectivity index (χ0) is 30.1. The van der Waals surface area contributed by atoms with Gasteiger partial charge in [-0.15, -0.1) is 0 Å². The minimum atomic E-state index is -0.359. The molecule has 1 spiro atoms. The molecular formula is C45H32. The molecule has 0 heterocycles. The molecule has 0 saturated heterocycles. The molecule has 3 aliphatic carbocycles. The molecule has 0 aromatic heterocycles. The second kappa shape index (κ2) is 8.49. The Balaban J connectivity index is 1.32. The molecule has 0 aliphatic heterocycles. The molecule has 212 valence electrons. The summed E-state index contributed by atoms with van der Waals surface area (Å²) in [6.07, 6.45) is 0. The Morgan fingerprint density at radius 2 is 0.889 bits per heavy atom. The molecule has 10 rings (SSSR count). The fraction of sp³-hybridized carbons (Fsp3) is 0.111. The van der Waals surface area contributed by atoms with Crippen molar-refractivity contribution in [3.8, 4) is 44.5 Å². The Kier molecular flexibility index (Phi) is 4.75. The summed E-state index contributed by atoms with van der Waals surface area (Å²) in [4.78, 5) is 0. The van der Waals surface area contributed by atoms with Crippen molar-refractivity contribution in [2.45, 2.75) is 31.6 Å². The number of hydrogen-bond donors (Lipinski definition) is 0. The Labute approximate surface area is 264 Å². The van der Waals surface area contributed by atoms with Gasteiger partial charge in [-0.25, -0.2) is 0 Å². The highest BCUT2D eigenvalue weighted by atomic mass is 14.5. The van der Waals surface area contributed by atoms with Crippen molar-refractivity contribution in [1.82, 2.24) is 0 Å². The van der Waals surface area contributed by atoms with E-state index >= 15 is 0 Å². The lowest BCUT2D eigenvalue weighted by Crippen LogP contribution is -2.25. The van der Waals surface area contributed by atoms with Gasteiger partial charge in [0.05, 0.1) is 5.41 Å². The summed E-state index contributed by atoms with van der Waals surface area (Å²) in [6.45, 7) is 6.98. The summed E-state index contributed by atoms with van der Waals surface area (Å²) in [5.74, 6) is 0. The second-order valence-corrected chi connectivity index (χ2v) is 13.7. The highest BCUT2D eigenvalue weighted by Gasteiger charge is 2.52. The van der Waals surface area contributed by atoms with E-state index in [2.05, 4.69) is 160 Å². The van der Waals surface area contributed by atoms with Crippen LogP contribution < -0.4 is 0 Å². The monoisotopic (exact) mass is 572 g/mol. The first-order chi connectivity index (χ1) is 22.0. The van der Waals surface area contributed by atoms with Crippen LogP contribution in [0.5, 0.6) is 0 Å². The molecule has 0 amide bonds. The quantitative estimate of drug-likeness (QED) is 0.183. The van der Waals surface area contributed by atoms with Crippen LogP contribution in [0.1, 0.15) is 52.8 Å². The fourth-order valence-electron chi connectivity index (χ4n) is 9.21. The predicted octanol–water partition coefficient (Wildman–Crippen LogP) is 11.5. The van der Waals surface area contributed by atoms with Crippen LogP contribution in [0.25, 0.3) is 55.3 Å². The maximum absolute atomic E-state index is 2.55. The van der Waals surface area contributed by atoms with Crippen molar-refractivity contribution in [1.29, 1.82) is 0 Å². The molecule has 0 unspecified atom stereocenters. The third-order valence-electron chi connectivity index (χ3n) is 11.1. The van der Waals surface area contributed by atoms with Crippen molar-refractivity contribution < 1.29 is 0 Å². The maximum atomic E-state index is 2.55. The summed E-state index contributed by atoms with van der Waals surface area (Å²) in [6, 6.07) is 53.1. The molecule has 0 nitrogen and oxygen atoms in total. The molecule has 0 saturated carbocycles. The smallest absolute Gasteiger partial charge is 0.0619 e. The van der Waals surface area contributed by atoms with Crippen LogP contribution in [0, 0.1) is 6.92 Å². The molecular weight excluding hydrogens is 540 g/mol. The van der Waals surface area contributed by atoms with Gasteiger partial charge in [0, 0.05) is 5.41 Å². The number of rotatable bonds is 1. The Bertz CT molecular complexity index is 2370. The van der Waals surface area contributed by atoms with E-state index in [0.29, 0.717) is 0 Å². The van der Waals surface area contributed by atoms with Gasteiger partial charge in [0.15, 0.2) is 0 Å². The number of benzene rings is 7. The average molecular weight is 573 g/mol. The van der Waals surface area contributed by atoms with Crippen molar-refractivity contribution in [3.05, 3.63) is 178 Å². The third kappa shape index (κ3) is 2.98. The van der Waals surface area contributed by atoms with Gasteiger partial charge in [0.1, 0.15) is 0 Å². The Morgan fingerprint density at radius 1 is 0.378 bits per heavy atom. The maximum Gasteiger partial charge on any atom is 0.0725 e. The molecule has 0 heteroatoms. The van der Waals surface area contributed by atoms with Crippen molar-refractivity contribution in [3.63, 3.8) is 0 Å². The molecule has 7 aromatic carbocycles. The molecule has 0 fully saturated rings. The summed E-state index contributed by atoms with van der Waals surface area (Å²) in [5, 5.41) is 2.64. The average Bonchev–Trinajstić information content (AvgIpc) is 3.63. The van der Waals surface area contributed by atoms with Gasteiger partial charge in [0.25, 0.3) is 0 Å². The zero-order valence-corrected chi connectivity index (χ0v) is 25.8. The number of fused-ring (bicyclic) bond motifs is 15. The fourth-order valence-corrected chi connectivity index (χ4v) is 9.21. The van der Waals surface area contributed by atoms with E-state index in [-0.39, 0.29) is 10.8 Å². The van der Waals surface area contributed by atoms with Crippen molar-refractivity contribution in [2.75, 3.05) is 0 Å². The highest BCUT2D eigenvalue weighted by molar-refractivity contribution is 6.11. The minimum Gasteiger partial charge on any atom is -0.0619 e. The first-order valence-electron chi connectivity index (χ1n) is 16.1. The van der Waals surface area contributed by atoms with Crippen LogP contribution in [0.4, 0.5) is 0 Å². The first-order valence-corrected chi connectivity index (χ1v) is 16.1. The largest absolute Gasteiger partial charge is 0.0725 e. The van der Waals surface area contributed by atoms with Crippen LogP contribution in [0.3, 0.4) is 0 Å². The predicted molar refractivity (Wildman–Crippen MR) is 188 cm³/mol. The molecule has 7 aromatic rings. The van der Waals surface area contributed by atoms with E-state index in [1.165, 1.54) is 94.2 Å². The molecule has 0 radical (unpaired) electrons. The van der Waals surface area contributed by atoms with E-state index < -0.39 is 0 Å². The lowest BCUT2D eigenvalue weighted by atomic mass is 9.70. The summed E-state index contributed by atoms with van der Waals surface area (Å²) in [5.41, 5.74) is 20.1.